The van der Waals surface area contributed by atoms with Gasteiger partial charge in [-0.2, -0.15) is 0 Å². The van der Waals surface area contributed by atoms with E-state index in [1.165, 1.54) is 64.2 Å². The highest BCUT2D eigenvalue weighted by Crippen LogP contribution is 2.33. The smallest absolute Gasteiger partial charge is 0.258 e. The van der Waals surface area contributed by atoms with Gasteiger partial charge in [0.05, 0.1) is 32.9 Å². The molecule has 0 saturated heterocycles. The zero-order valence-corrected chi connectivity index (χ0v) is 27.7. The summed E-state index contributed by atoms with van der Waals surface area (Å²) in [4.78, 5) is 15.9. The van der Waals surface area contributed by atoms with Crippen LogP contribution in [0.25, 0.3) is 0 Å². The van der Waals surface area contributed by atoms with Crippen LogP contribution in [-0.4, -0.2) is 31.6 Å². The van der Waals surface area contributed by atoms with E-state index in [9.17, 15) is 4.79 Å². The first-order valence-corrected chi connectivity index (χ1v) is 16.8. The van der Waals surface area contributed by atoms with Gasteiger partial charge in [-0.3, -0.25) is 4.79 Å². The number of ether oxygens (including phenoxy) is 3. The van der Waals surface area contributed by atoms with Crippen LogP contribution in [-0.2, 0) is 19.6 Å². The lowest BCUT2D eigenvalue weighted by atomic mass is 10.1. The summed E-state index contributed by atoms with van der Waals surface area (Å²) >= 11 is 0. The van der Waals surface area contributed by atoms with Crippen LogP contribution in [0.5, 0.6) is 17.2 Å². The molecule has 1 aromatic heterocycles. The molecule has 44 heavy (non-hydrogen) atoms. The number of pyridine rings is 1. The standard InChI is InChI=1S/C38H55N2O4/c1-5-7-8-9-10-11-12-13-14-15-16-21-29-44-37-32(23-22-27-36(37)43-4)30-40(31-33-24-19-20-28-39(33)6-2)38(41)34-25-17-18-26-35(34)42-3/h17-20,22-28H,5-16,21,29-31H2,1-4H3/q+1. The molecule has 3 aromatic rings. The number of hydrogen-bond acceptors (Lipinski definition) is 4. The van der Waals surface area contributed by atoms with Crippen molar-refractivity contribution >= 4 is 5.91 Å². The van der Waals surface area contributed by atoms with Crippen molar-refractivity contribution in [3.63, 3.8) is 0 Å². The van der Waals surface area contributed by atoms with E-state index in [1.807, 2.05) is 59.5 Å². The average Bonchev–Trinajstić information content (AvgIpc) is 3.06. The van der Waals surface area contributed by atoms with Crippen LogP contribution in [0.15, 0.2) is 66.9 Å². The summed E-state index contributed by atoms with van der Waals surface area (Å²) in [5.41, 5.74) is 2.52. The fourth-order valence-electron chi connectivity index (χ4n) is 5.68. The average molecular weight is 604 g/mol. The van der Waals surface area contributed by atoms with E-state index in [0.29, 0.717) is 42.5 Å². The summed E-state index contributed by atoms with van der Waals surface area (Å²) in [6, 6.07) is 19.4. The first-order valence-electron chi connectivity index (χ1n) is 16.8. The first kappa shape index (κ1) is 34.9. The Balaban J connectivity index is 1.64. The maximum atomic E-state index is 14.0. The fourth-order valence-corrected chi connectivity index (χ4v) is 5.68. The molecule has 0 aliphatic rings. The molecule has 0 atom stereocenters. The number of nitrogens with zero attached hydrogens (tertiary/aromatic N) is 2. The monoisotopic (exact) mass is 603 g/mol. The molecular weight excluding hydrogens is 548 g/mol. The van der Waals surface area contributed by atoms with Crippen molar-refractivity contribution in [3.05, 3.63) is 83.7 Å². The summed E-state index contributed by atoms with van der Waals surface area (Å²) < 4.78 is 19.8. The molecule has 0 saturated carbocycles. The van der Waals surface area contributed by atoms with Crippen LogP contribution < -0.4 is 18.8 Å². The van der Waals surface area contributed by atoms with Crippen LogP contribution in [0, 0.1) is 0 Å². The lowest BCUT2D eigenvalue weighted by molar-refractivity contribution is -0.701. The Labute approximate surface area is 266 Å². The first-order chi connectivity index (χ1) is 21.6. The summed E-state index contributed by atoms with van der Waals surface area (Å²) in [7, 11) is 3.27. The van der Waals surface area contributed by atoms with Gasteiger partial charge in [0.2, 0.25) is 5.69 Å². The zero-order chi connectivity index (χ0) is 31.4. The Morgan fingerprint density at radius 2 is 1.30 bits per heavy atom. The van der Waals surface area contributed by atoms with Crippen LogP contribution in [0.4, 0.5) is 0 Å². The number of carbonyl (C=O) groups excluding carboxylic acids is 1. The number of aromatic nitrogens is 1. The van der Waals surface area contributed by atoms with Gasteiger partial charge in [0, 0.05) is 17.7 Å². The number of unbranched alkanes of at least 4 members (excludes halogenated alkanes) is 11. The molecule has 1 heterocycles. The molecule has 0 radical (unpaired) electrons. The predicted octanol–water partition coefficient (Wildman–Crippen LogP) is 8.93. The molecule has 0 spiro atoms. The largest absolute Gasteiger partial charge is 0.496 e. The highest BCUT2D eigenvalue weighted by atomic mass is 16.5. The van der Waals surface area contributed by atoms with Gasteiger partial charge < -0.3 is 19.1 Å². The van der Waals surface area contributed by atoms with Gasteiger partial charge >= 0.3 is 0 Å². The molecule has 0 bridgehead atoms. The van der Waals surface area contributed by atoms with Crippen LogP contribution in [0.2, 0.25) is 0 Å². The number of carbonyl (C=O) groups is 1. The van der Waals surface area contributed by atoms with Crippen LogP contribution >= 0.6 is 0 Å². The van der Waals surface area contributed by atoms with Crippen LogP contribution in [0.1, 0.15) is 113 Å². The molecule has 0 N–H and O–H groups in total. The summed E-state index contributed by atoms with van der Waals surface area (Å²) in [5, 5.41) is 0. The number of hydrogen-bond donors (Lipinski definition) is 0. The van der Waals surface area contributed by atoms with Gasteiger partial charge in [0.25, 0.3) is 5.91 Å². The van der Waals surface area contributed by atoms with Crippen molar-refractivity contribution in [2.75, 3.05) is 20.8 Å². The van der Waals surface area contributed by atoms with E-state index in [0.717, 1.165) is 30.6 Å². The van der Waals surface area contributed by atoms with Crippen molar-refractivity contribution in [1.82, 2.24) is 4.90 Å². The number of amides is 1. The third-order valence-corrected chi connectivity index (χ3v) is 8.24. The summed E-state index contributed by atoms with van der Waals surface area (Å²) in [6.07, 6.45) is 17.7. The third kappa shape index (κ3) is 11.2. The number of aryl methyl sites for hydroxylation is 1. The van der Waals surface area contributed by atoms with Crippen molar-refractivity contribution in [2.45, 2.75) is 111 Å². The molecule has 240 valence electrons. The molecule has 0 fully saturated rings. The second-order valence-corrected chi connectivity index (χ2v) is 11.5. The number of methoxy groups -OCH3 is 2. The van der Waals surface area contributed by atoms with Crippen molar-refractivity contribution < 1.29 is 23.6 Å². The highest BCUT2D eigenvalue weighted by molar-refractivity contribution is 5.96. The third-order valence-electron chi connectivity index (χ3n) is 8.24. The zero-order valence-electron chi connectivity index (χ0n) is 27.7. The summed E-state index contributed by atoms with van der Waals surface area (Å²) in [6.45, 7) is 6.65. The quantitative estimate of drug-likeness (QED) is 0.0850. The van der Waals surface area contributed by atoms with E-state index < -0.39 is 0 Å². The topological polar surface area (TPSA) is 51.9 Å². The molecular formula is C38H55N2O4+. The van der Waals surface area contributed by atoms with Gasteiger partial charge in [-0.05, 0) is 31.5 Å². The SMILES string of the molecule is CCCCCCCCCCCCCCOc1c(CN(Cc2cccc[n+]2CC)C(=O)c2ccccc2OC)cccc1OC. The van der Waals surface area contributed by atoms with E-state index in [-0.39, 0.29) is 5.91 Å². The molecule has 6 heteroatoms. The second-order valence-electron chi connectivity index (χ2n) is 11.5. The Hall–Kier alpha value is -3.54. The van der Waals surface area contributed by atoms with E-state index in [4.69, 9.17) is 14.2 Å². The van der Waals surface area contributed by atoms with E-state index in [2.05, 4.69) is 30.7 Å². The fraction of sp³-hybridized carbons (Fsp3) is 0.526. The van der Waals surface area contributed by atoms with Crippen molar-refractivity contribution in [2.24, 2.45) is 0 Å². The molecule has 0 aliphatic carbocycles. The number of benzene rings is 2. The Bertz CT molecular complexity index is 1250. The van der Waals surface area contributed by atoms with Gasteiger partial charge in [0.1, 0.15) is 18.8 Å². The Kier molecular flexibility index (Phi) is 16.2. The van der Waals surface area contributed by atoms with Crippen molar-refractivity contribution in [3.8, 4) is 17.2 Å². The highest BCUT2D eigenvalue weighted by Gasteiger charge is 2.25. The van der Waals surface area contributed by atoms with Crippen LogP contribution in [0.3, 0.4) is 0 Å². The Morgan fingerprint density at radius 3 is 1.95 bits per heavy atom. The predicted molar refractivity (Wildman–Crippen MR) is 178 cm³/mol. The lowest BCUT2D eigenvalue weighted by Crippen LogP contribution is -2.41. The lowest BCUT2D eigenvalue weighted by Gasteiger charge is -2.25. The van der Waals surface area contributed by atoms with Gasteiger partial charge in [-0.15, -0.1) is 0 Å². The second kappa shape index (κ2) is 20.4. The molecule has 0 unspecified atom stereocenters. The number of rotatable bonds is 22. The van der Waals surface area contributed by atoms with Crippen molar-refractivity contribution in [1.29, 1.82) is 0 Å². The van der Waals surface area contributed by atoms with Gasteiger partial charge in [0.15, 0.2) is 17.7 Å². The Morgan fingerprint density at radius 1 is 0.682 bits per heavy atom. The van der Waals surface area contributed by atoms with E-state index in [1.54, 1.807) is 14.2 Å². The van der Waals surface area contributed by atoms with Gasteiger partial charge in [-0.25, -0.2) is 4.57 Å². The number of para-hydroxylation sites is 2. The maximum absolute atomic E-state index is 14.0. The molecule has 0 aliphatic heterocycles. The minimum Gasteiger partial charge on any atom is -0.496 e. The molecule has 2 aromatic carbocycles. The van der Waals surface area contributed by atoms with Gasteiger partial charge in [-0.1, -0.05) is 108 Å². The minimum atomic E-state index is -0.0938. The maximum Gasteiger partial charge on any atom is 0.258 e. The summed E-state index contributed by atoms with van der Waals surface area (Å²) in [5.74, 6) is 1.87. The molecule has 6 nitrogen and oxygen atoms in total. The molecule has 1 amide bonds. The normalized spacial score (nSPS) is 10.9. The molecule has 3 rings (SSSR count). The minimum absolute atomic E-state index is 0.0938. The van der Waals surface area contributed by atoms with E-state index >= 15 is 0 Å².